The molecule has 0 saturated heterocycles. The number of alkyl halides is 3. The second kappa shape index (κ2) is 8.31. The molecule has 0 unspecified atom stereocenters. The van der Waals surface area contributed by atoms with Crippen molar-refractivity contribution in [3.8, 4) is 16.8 Å². The fourth-order valence-corrected chi connectivity index (χ4v) is 2.89. The Morgan fingerprint density at radius 3 is 2.18 bits per heavy atom. The number of nitrogens with zero attached hydrogens (tertiary/aromatic N) is 5. The number of halogens is 3. The van der Waals surface area contributed by atoms with E-state index in [0.29, 0.717) is 5.69 Å². The van der Waals surface area contributed by atoms with Gasteiger partial charge in [-0.2, -0.15) is 4.68 Å². The van der Waals surface area contributed by atoms with E-state index in [4.69, 9.17) is 34.8 Å². The molecule has 28 heavy (non-hydrogen) atoms. The molecular weight excluding hydrogens is 421 g/mol. The summed E-state index contributed by atoms with van der Waals surface area (Å²) in [5.41, 5.74) is 2.88. The minimum absolute atomic E-state index is 0.0853. The first-order valence-corrected chi connectivity index (χ1v) is 9.35. The van der Waals surface area contributed by atoms with Crippen molar-refractivity contribution >= 4 is 46.2 Å². The maximum atomic E-state index is 12.6. The average molecular weight is 437 g/mol. The number of rotatable bonds is 5. The van der Waals surface area contributed by atoms with Gasteiger partial charge in [0.2, 0.25) is 5.78 Å². The zero-order chi connectivity index (χ0) is 20.3. The molecule has 0 aliphatic carbocycles. The lowest BCUT2D eigenvalue weighted by atomic mass is 10.1. The fraction of sp³-hybridized carbons (Fsp3) is 0.158. The smallest absolute Gasteiger partial charge is 0.253 e. The van der Waals surface area contributed by atoms with Crippen LogP contribution in [0.25, 0.3) is 22.4 Å². The molecule has 2 aromatic carbocycles. The summed E-state index contributed by atoms with van der Waals surface area (Å²) in [4.78, 5) is 14.3. The topological polar surface area (TPSA) is 63.9 Å². The number of tetrazole rings is 1. The van der Waals surface area contributed by atoms with Crippen LogP contribution in [-0.4, -0.2) is 48.8 Å². The zero-order valence-electron chi connectivity index (χ0n) is 15.1. The predicted octanol–water partition coefficient (Wildman–Crippen LogP) is 4.17. The Hall–Kier alpha value is -2.41. The summed E-state index contributed by atoms with van der Waals surface area (Å²) in [6, 6.07) is 17.6. The van der Waals surface area contributed by atoms with Crippen molar-refractivity contribution in [1.29, 1.82) is 0 Å². The summed E-state index contributed by atoms with van der Waals surface area (Å²) in [7, 11) is 3.49. The molecule has 3 rings (SSSR count). The first-order valence-electron chi connectivity index (χ1n) is 8.22. The van der Waals surface area contributed by atoms with Crippen LogP contribution in [-0.2, 0) is 4.79 Å². The van der Waals surface area contributed by atoms with Crippen LogP contribution >= 0.6 is 34.8 Å². The Morgan fingerprint density at radius 1 is 1.00 bits per heavy atom. The van der Waals surface area contributed by atoms with E-state index < -0.39 is 9.58 Å². The Labute approximate surface area is 177 Å². The van der Waals surface area contributed by atoms with Gasteiger partial charge < -0.3 is 4.90 Å². The molecule has 0 aliphatic rings. The molecule has 0 radical (unpaired) electrons. The molecule has 0 fully saturated rings. The van der Waals surface area contributed by atoms with Crippen molar-refractivity contribution < 1.29 is 4.79 Å². The van der Waals surface area contributed by atoms with Crippen LogP contribution in [0.15, 0.2) is 60.8 Å². The van der Waals surface area contributed by atoms with Crippen LogP contribution in [0.4, 0.5) is 0 Å². The van der Waals surface area contributed by atoms with Crippen LogP contribution in [0, 0.1) is 0 Å². The summed E-state index contributed by atoms with van der Waals surface area (Å²) < 4.78 is -0.700. The van der Waals surface area contributed by atoms with E-state index in [-0.39, 0.29) is 11.4 Å². The number of hydrogen-bond donors (Lipinski definition) is 0. The van der Waals surface area contributed by atoms with Crippen LogP contribution in [0.5, 0.6) is 0 Å². The number of allylic oxidation sites excluding steroid dienone is 1. The third kappa shape index (κ3) is 4.52. The lowest BCUT2D eigenvalue weighted by molar-refractivity contribution is -0.113. The fourth-order valence-electron chi connectivity index (χ4n) is 2.58. The molecular formula is C19H16Cl3N5O. The highest BCUT2D eigenvalue weighted by Gasteiger charge is 2.36. The van der Waals surface area contributed by atoms with Gasteiger partial charge >= 0.3 is 0 Å². The molecule has 0 aliphatic heterocycles. The first kappa shape index (κ1) is 20.3. The molecule has 9 heteroatoms. The van der Waals surface area contributed by atoms with Crippen molar-refractivity contribution in [2.75, 3.05) is 14.1 Å². The number of hydrogen-bond acceptors (Lipinski definition) is 5. The SMILES string of the molecule is CN(C)/C=C(\C(=O)C(Cl)(Cl)Cl)c1nnnn1-c1ccc(-c2ccccc2)cc1. The molecule has 0 amide bonds. The quantitative estimate of drug-likeness (QED) is 0.444. The largest absolute Gasteiger partial charge is 0.383 e. The van der Waals surface area contributed by atoms with Crippen LogP contribution in [0.1, 0.15) is 5.82 Å². The highest BCUT2D eigenvalue weighted by molar-refractivity contribution is 6.79. The highest BCUT2D eigenvalue weighted by Crippen LogP contribution is 2.33. The zero-order valence-corrected chi connectivity index (χ0v) is 17.3. The van der Waals surface area contributed by atoms with Gasteiger partial charge in [0.25, 0.3) is 3.79 Å². The van der Waals surface area contributed by atoms with Crippen molar-refractivity contribution in [2.24, 2.45) is 0 Å². The van der Waals surface area contributed by atoms with Gasteiger partial charge in [-0.15, -0.1) is 5.10 Å². The first-order chi connectivity index (χ1) is 13.3. The van der Waals surface area contributed by atoms with Crippen LogP contribution < -0.4 is 0 Å². The number of carbonyl (C=O) groups is 1. The van der Waals surface area contributed by atoms with Gasteiger partial charge in [0.15, 0.2) is 5.82 Å². The van der Waals surface area contributed by atoms with E-state index >= 15 is 0 Å². The molecule has 0 bridgehead atoms. The number of aromatic nitrogens is 4. The second-order valence-corrected chi connectivity index (χ2v) is 8.44. The summed E-state index contributed by atoms with van der Waals surface area (Å²) >= 11 is 17.4. The highest BCUT2D eigenvalue weighted by atomic mass is 35.6. The van der Waals surface area contributed by atoms with Crippen molar-refractivity contribution in [3.63, 3.8) is 0 Å². The average Bonchev–Trinajstić information content (AvgIpc) is 3.15. The maximum Gasteiger partial charge on any atom is 0.253 e. The lowest BCUT2D eigenvalue weighted by Gasteiger charge is -2.15. The number of carbonyl (C=O) groups excluding carboxylic acids is 1. The van der Waals surface area contributed by atoms with Gasteiger partial charge in [0.05, 0.1) is 11.3 Å². The summed E-state index contributed by atoms with van der Waals surface area (Å²) in [6.45, 7) is 0. The Bertz CT molecular complexity index is 992. The Balaban J connectivity index is 2.02. The molecule has 0 N–H and O–H groups in total. The molecule has 0 saturated carbocycles. The molecule has 6 nitrogen and oxygen atoms in total. The lowest BCUT2D eigenvalue weighted by Crippen LogP contribution is -2.23. The van der Waals surface area contributed by atoms with Gasteiger partial charge in [-0.1, -0.05) is 77.3 Å². The van der Waals surface area contributed by atoms with Crippen LogP contribution in [0.3, 0.4) is 0 Å². The Kier molecular flexibility index (Phi) is 6.03. The monoisotopic (exact) mass is 435 g/mol. The van der Waals surface area contributed by atoms with Crippen molar-refractivity contribution in [2.45, 2.75) is 3.79 Å². The minimum Gasteiger partial charge on any atom is -0.383 e. The minimum atomic E-state index is -2.13. The molecule has 1 aromatic heterocycles. The standard InChI is InChI=1S/C19H16Cl3N5O/c1-26(2)12-16(17(28)19(20,21)22)18-23-24-25-27(18)15-10-8-14(9-11-15)13-6-4-3-5-7-13/h3-12H,1-2H3/b16-12+. The molecule has 3 aromatic rings. The van der Waals surface area contributed by atoms with Gasteiger partial charge in [0.1, 0.15) is 0 Å². The normalized spacial score (nSPS) is 12.1. The van der Waals surface area contributed by atoms with Gasteiger partial charge in [-0.25, -0.2) is 0 Å². The predicted molar refractivity (Wildman–Crippen MR) is 112 cm³/mol. The molecule has 1 heterocycles. The number of Topliss-reactive ketones (excluding diaryl/α,β-unsaturated/α-hetero) is 1. The van der Waals surface area contributed by atoms with E-state index in [9.17, 15) is 4.79 Å². The Morgan fingerprint density at radius 2 is 1.61 bits per heavy atom. The van der Waals surface area contributed by atoms with Crippen molar-refractivity contribution in [1.82, 2.24) is 25.1 Å². The van der Waals surface area contributed by atoms with E-state index in [1.54, 1.807) is 19.0 Å². The molecule has 144 valence electrons. The molecule has 0 spiro atoms. The molecule has 0 atom stereocenters. The van der Waals surface area contributed by atoms with E-state index in [2.05, 4.69) is 15.5 Å². The van der Waals surface area contributed by atoms with Crippen molar-refractivity contribution in [3.05, 3.63) is 66.6 Å². The van der Waals surface area contributed by atoms with Gasteiger partial charge in [-0.3, -0.25) is 4.79 Å². The van der Waals surface area contributed by atoms with Crippen LogP contribution in [0.2, 0.25) is 0 Å². The number of benzene rings is 2. The number of ketones is 1. The van der Waals surface area contributed by atoms with Gasteiger partial charge in [0, 0.05) is 20.3 Å². The summed E-state index contributed by atoms with van der Waals surface area (Å²) in [6.07, 6.45) is 1.52. The van der Waals surface area contributed by atoms with E-state index in [0.717, 1.165) is 11.1 Å². The van der Waals surface area contributed by atoms with Gasteiger partial charge in [-0.05, 0) is 33.7 Å². The summed E-state index contributed by atoms with van der Waals surface area (Å²) in [5.74, 6) is -0.541. The van der Waals surface area contributed by atoms with E-state index in [1.165, 1.54) is 10.9 Å². The van der Waals surface area contributed by atoms with E-state index in [1.807, 2.05) is 54.6 Å². The second-order valence-electron chi connectivity index (χ2n) is 6.16. The third-order valence-electron chi connectivity index (χ3n) is 3.82. The summed E-state index contributed by atoms with van der Waals surface area (Å²) in [5, 5.41) is 11.7. The third-order valence-corrected chi connectivity index (χ3v) is 4.33. The maximum absolute atomic E-state index is 12.6.